The van der Waals surface area contributed by atoms with E-state index in [4.69, 9.17) is 9.47 Å². The van der Waals surface area contributed by atoms with E-state index < -0.39 is 6.29 Å². The summed E-state index contributed by atoms with van der Waals surface area (Å²) in [6.45, 7) is 4.11. The quantitative estimate of drug-likeness (QED) is 0.0929. The van der Waals surface area contributed by atoms with Gasteiger partial charge in [0.05, 0.1) is 41.4 Å². The minimum absolute atomic E-state index is 0.0280. The number of fused-ring (bicyclic) bond motifs is 1. The number of hydrogen-bond donors (Lipinski definition) is 1. The van der Waals surface area contributed by atoms with Crippen LogP contribution in [0.3, 0.4) is 0 Å². The highest BCUT2D eigenvalue weighted by atomic mass is 16.7. The minimum atomic E-state index is -0.615. The molecule has 2 saturated heterocycles. The molecule has 274 valence electrons. The number of amides is 2. The van der Waals surface area contributed by atoms with Gasteiger partial charge in [-0.05, 0) is 52.1 Å². The van der Waals surface area contributed by atoms with E-state index in [2.05, 4.69) is 9.80 Å². The summed E-state index contributed by atoms with van der Waals surface area (Å²) in [4.78, 5) is 42.9. The van der Waals surface area contributed by atoms with E-state index in [1.807, 2.05) is 84.9 Å². The van der Waals surface area contributed by atoms with Gasteiger partial charge < -0.3 is 19.5 Å². The molecular formula is C43H40N4O7. The molecule has 54 heavy (non-hydrogen) atoms. The van der Waals surface area contributed by atoms with Crippen molar-refractivity contribution in [1.82, 2.24) is 9.80 Å². The first kappa shape index (κ1) is 35.3. The molecule has 1 N–H and O–H groups in total. The zero-order valence-corrected chi connectivity index (χ0v) is 29.6. The van der Waals surface area contributed by atoms with E-state index in [0.29, 0.717) is 17.5 Å². The molecule has 0 bridgehead atoms. The van der Waals surface area contributed by atoms with E-state index in [-0.39, 0.29) is 47.8 Å². The second kappa shape index (κ2) is 15.3. The fourth-order valence-electron chi connectivity index (χ4n) is 7.61. The number of non-ortho nitro benzene ring substituents is 1. The number of imide groups is 1. The van der Waals surface area contributed by atoms with Crippen LogP contribution in [0.2, 0.25) is 0 Å². The number of piperazine rings is 1. The predicted molar refractivity (Wildman–Crippen MR) is 203 cm³/mol. The number of nitro groups is 1. The average molecular weight is 725 g/mol. The molecule has 3 heterocycles. The highest BCUT2D eigenvalue weighted by Gasteiger charge is 2.36. The molecule has 3 atom stereocenters. The summed E-state index contributed by atoms with van der Waals surface area (Å²) >= 11 is 0. The SMILES string of the molecule is O=C1c2ccccc2C(=O)N1Cc1ccccc1-c1ccc(C2OC(CN3CCN(c4ccc([N+](=O)[O-])cc4)CC3)CC(c3ccc(CO)cc3)O2)cc1. The van der Waals surface area contributed by atoms with Crippen molar-refractivity contribution in [3.8, 4) is 11.1 Å². The number of carbonyl (C=O) groups excluding carboxylic acids is 2. The number of rotatable bonds is 10. The molecule has 3 aliphatic rings. The van der Waals surface area contributed by atoms with Crippen LogP contribution in [-0.2, 0) is 22.6 Å². The Hall–Kier alpha value is -5.72. The maximum Gasteiger partial charge on any atom is 0.269 e. The summed E-state index contributed by atoms with van der Waals surface area (Å²) < 4.78 is 13.3. The summed E-state index contributed by atoms with van der Waals surface area (Å²) in [6, 6.07) is 37.4. The van der Waals surface area contributed by atoms with E-state index in [9.17, 15) is 24.8 Å². The Balaban J connectivity index is 0.976. The molecule has 11 nitrogen and oxygen atoms in total. The van der Waals surface area contributed by atoms with Crippen LogP contribution in [0.25, 0.3) is 11.1 Å². The molecule has 8 rings (SSSR count). The number of aliphatic hydroxyl groups is 1. The predicted octanol–water partition coefficient (Wildman–Crippen LogP) is 6.92. The number of ether oxygens (including phenoxy) is 2. The maximum atomic E-state index is 13.1. The molecule has 5 aromatic rings. The third-order valence-corrected chi connectivity index (χ3v) is 10.6. The summed E-state index contributed by atoms with van der Waals surface area (Å²) in [7, 11) is 0. The second-order valence-electron chi connectivity index (χ2n) is 13.9. The van der Waals surface area contributed by atoms with E-state index in [1.165, 1.54) is 4.90 Å². The first-order chi connectivity index (χ1) is 26.3. The Morgan fingerprint density at radius 3 is 1.94 bits per heavy atom. The van der Waals surface area contributed by atoms with Gasteiger partial charge in [0.2, 0.25) is 0 Å². The monoisotopic (exact) mass is 724 g/mol. The number of hydrogen-bond acceptors (Lipinski definition) is 9. The van der Waals surface area contributed by atoms with Crippen molar-refractivity contribution < 1.29 is 29.1 Å². The van der Waals surface area contributed by atoms with Gasteiger partial charge >= 0.3 is 0 Å². The van der Waals surface area contributed by atoms with Crippen molar-refractivity contribution in [3.05, 3.63) is 165 Å². The molecule has 0 radical (unpaired) electrons. The topological polar surface area (TPSA) is 126 Å². The standard InChI is InChI=1S/C43H40N4O7/c48-28-29-9-11-31(12-10-29)40-25-36(27-44-21-23-45(24-22-44)34-17-19-35(20-18-34)47(51)52)53-43(54-40)32-15-13-30(14-16-32)37-6-2-1-5-33(37)26-46-41(49)38-7-3-4-8-39(38)42(46)50/h1-20,36,40,43,48H,21-28H2. The summed E-state index contributed by atoms with van der Waals surface area (Å²) in [5.74, 6) is -0.567. The van der Waals surface area contributed by atoms with Crippen molar-refractivity contribution in [1.29, 1.82) is 0 Å². The van der Waals surface area contributed by atoms with E-state index in [0.717, 1.165) is 71.8 Å². The van der Waals surface area contributed by atoms with Crippen molar-refractivity contribution in [3.63, 3.8) is 0 Å². The van der Waals surface area contributed by atoms with Crippen LogP contribution >= 0.6 is 0 Å². The van der Waals surface area contributed by atoms with Gasteiger partial charge in [0.1, 0.15) is 0 Å². The molecule has 2 amide bonds. The van der Waals surface area contributed by atoms with Gasteiger partial charge in [0, 0.05) is 62.5 Å². The number of nitrogens with zero attached hydrogens (tertiary/aromatic N) is 4. The van der Waals surface area contributed by atoms with Crippen LogP contribution in [-0.4, -0.2) is 70.5 Å². The number of nitro benzene ring substituents is 1. The largest absolute Gasteiger partial charge is 0.392 e. The van der Waals surface area contributed by atoms with Crippen molar-refractivity contribution >= 4 is 23.2 Å². The smallest absolute Gasteiger partial charge is 0.269 e. The Morgan fingerprint density at radius 1 is 0.704 bits per heavy atom. The van der Waals surface area contributed by atoms with E-state index in [1.54, 1.807) is 36.4 Å². The van der Waals surface area contributed by atoms with Crippen LogP contribution < -0.4 is 4.90 Å². The first-order valence-electron chi connectivity index (χ1n) is 18.2. The second-order valence-corrected chi connectivity index (χ2v) is 13.9. The summed E-state index contributed by atoms with van der Waals surface area (Å²) in [5.41, 5.74) is 7.40. The molecule has 3 aliphatic heterocycles. The van der Waals surface area contributed by atoms with Gasteiger partial charge in [-0.3, -0.25) is 29.5 Å². The van der Waals surface area contributed by atoms with Gasteiger partial charge in [0.15, 0.2) is 6.29 Å². The molecule has 5 aromatic carbocycles. The lowest BCUT2D eigenvalue weighted by molar-refractivity contribution is -0.384. The van der Waals surface area contributed by atoms with E-state index >= 15 is 0 Å². The van der Waals surface area contributed by atoms with Crippen LogP contribution in [0.4, 0.5) is 11.4 Å². The summed E-state index contributed by atoms with van der Waals surface area (Å²) in [6.07, 6.45) is -0.281. The highest BCUT2D eigenvalue weighted by Crippen LogP contribution is 2.39. The van der Waals surface area contributed by atoms with Gasteiger partial charge in [-0.1, -0.05) is 84.9 Å². The minimum Gasteiger partial charge on any atom is -0.392 e. The number of benzene rings is 5. The van der Waals surface area contributed by atoms with Crippen molar-refractivity contribution in [2.24, 2.45) is 0 Å². The molecule has 0 aromatic heterocycles. The lowest BCUT2D eigenvalue weighted by atomic mass is 9.97. The Labute approximate surface area is 313 Å². The Morgan fingerprint density at radius 2 is 1.31 bits per heavy atom. The average Bonchev–Trinajstić information content (AvgIpc) is 3.46. The van der Waals surface area contributed by atoms with Crippen LogP contribution in [0.1, 0.15) is 61.8 Å². The highest BCUT2D eigenvalue weighted by molar-refractivity contribution is 6.21. The number of aliphatic hydroxyl groups excluding tert-OH is 1. The number of anilines is 1. The fourth-order valence-corrected chi connectivity index (χ4v) is 7.61. The van der Waals surface area contributed by atoms with Crippen molar-refractivity contribution in [2.45, 2.75) is 38.1 Å². The van der Waals surface area contributed by atoms with Gasteiger partial charge in [0.25, 0.3) is 17.5 Å². The lowest BCUT2D eigenvalue weighted by Crippen LogP contribution is -2.49. The molecule has 0 saturated carbocycles. The van der Waals surface area contributed by atoms with Crippen LogP contribution in [0.15, 0.2) is 121 Å². The maximum absolute atomic E-state index is 13.1. The third-order valence-electron chi connectivity index (χ3n) is 10.6. The molecule has 2 fully saturated rings. The zero-order valence-electron chi connectivity index (χ0n) is 29.6. The van der Waals surface area contributed by atoms with Crippen LogP contribution in [0.5, 0.6) is 0 Å². The zero-order chi connectivity index (χ0) is 37.2. The van der Waals surface area contributed by atoms with Gasteiger partial charge in [-0.25, -0.2) is 0 Å². The third kappa shape index (κ3) is 7.27. The molecular weight excluding hydrogens is 684 g/mol. The first-order valence-corrected chi connectivity index (χ1v) is 18.2. The lowest BCUT2D eigenvalue weighted by Gasteiger charge is -2.41. The molecule has 0 spiro atoms. The molecule has 3 unspecified atom stereocenters. The fraction of sp³-hybridized carbons (Fsp3) is 0.256. The van der Waals surface area contributed by atoms with Gasteiger partial charge in [-0.2, -0.15) is 0 Å². The number of carbonyl (C=O) groups is 2. The Kier molecular flexibility index (Phi) is 10.0. The normalized spacial score (nSPS) is 20.3. The Bertz CT molecular complexity index is 2110. The molecule has 0 aliphatic carbocycles. The van der Waals surface area contributed by atoms with Crippen molar-refractivity contribution in [2.75, 3.05) is 37.6 Å². The van der Waals surface area contributed by atoms with Gasteiger partial charge in [-0.15, -0.1) is 0 Å². The van der Waals surface area contributed by atoms with Crippen LogP contribution in [0, 0.1) is 10.1 Å². The summed E-state index contributed by atoms with van der Waals surface area (Å²) in [5, 5.41) is 20.7. The molecule has 11 heteroatoms.